The van der Waals surface area contributed by atoms with Crippen LogP contribution in [-0.2, 0) is 12.7 Å². The van der Waals surface area contributed by atoms with Crippen molar-refractivity contribution in [1.29, 1.82) is 0 Å². The zero-order chi connectivity index (χ0) is 18.0. The maximum Gasteiger partial charge on any atom is 0.416 e. The molecule has 1 aromatic heterocycles. The van der Waals surface area contributed by atoms with Gasteiger partial charge in [0.2, 0.25) is 0 Å². The Kier molecular flexibility index (Phi) is 4.26. The van der Waals surface area contributed by atoms with Crippen molar-refractivity contribution in [3.63, 3.8) is 0 Å². The molecule has 3 aromatic rings. The van der Waals surface area contributed by atoms with E-state index in [1.807, 2.05) is 0 Å². The van der Waals surface area contributed by atoms with Crippen molar-refractivity contribution < 1.29 is 13.2 Å². The summed E-state index contributed by atoms with van der Waals surface area (Å²) in [6.07, 6.45) is -1.33. The summed E-state index contributed by atoms with van der Waals surface area (Å²) >= 11 is 0. The number of nitrogens with one attached hydrogen (secondary N) is 2. The minimum atomic E-state index is -4.40. The average molecular weight is 347 g/mol. The summed E-state index contributed by atoms with van der Waals surface area (Å²) in [6.45, 7) is 0.119. The highest BCUT2D eigenvalue weighted by atomic mass is 19.4. The molecule has 0 radical (unpaired) electrons. The van der Waals surface area contributed by atoms with Gasteiger partial charge >= 0.3 is 6.18 Å². The molecule has 1 heterocycles. The normalized spacial score (nSPS) is 11.5. The van der Waals surface area contributed by atoms with E-state index in [1.54, 1.807) is 12.1 Å². The fraction of sp³-hybridized carbons (Fsp3) is 0.118. The van der Waals surface area contributed by atoms with Crippen LogP contribution in [0.5, 0.6) is 0 Å². The highest BCUT2D eigenvalue weighted by Crippen LogP contribution is 2.29. The van der Waals surface area contributed by atoms with Gasteiger partial charge in [-0.3, -0.25) is 14.6 Å². The lowest BCUT2D eigenvalue weighted by molar-refractivity contribution is -0.137. The number of benzene rings is 1. The fourth-order valence-corrected chi connectivity index (χ4v) is 2.26. The Balaban J connectivity index is 1.71. The largest absolute Gasteiger partial charge is 0.416 e. The van der Waals surface area contributed by atoms with Crippen LogP contribution in [0, 0.1) is 0 Å². The van der Waals surface area contributed by atoms with Gasteiger partial charge in [-0.2, -0.15) is 13.2 Å². The number of rotatable bonds is 5. The summed E-state index contributed by atoms with van der Waals surface area (Å²) in [5, 5.41) is 5.63. The first kappa shape index (κ1) is 16.7. The van der Waals surface area contributed by atoms with Crippen LogP contribution in [0.4, 0.5) is 30.2 Å². The number of hydrogen-bond acceptors (Lipinski definition) is 5. The van der Waals surface area contributed by atoms with Crippen molar-refractivity contribution in [2.45, 2.75) is 12.7 Å². The maximum atomic E-state index is 12.5. The third-order valence-corrected chi connectivity index (χ3v) is 3.61. The van der Waals surface area contributed by atoms with Crippen molar-refractivity contribution in [2.24, 2.45) is 0 Å². The van der Waals surface area contributed by atoms with E-state index in [9.17, 15) is 22.8 Å². The van der Waals surface area contributed by atoms with Gasteiger partial charge < -0.3 is 10.6 Å². The molecule has 0 aliphatic heterocycles. The van der Waals surface area contributed by atoms with Gasteiger partial charge in [0.1, 0.15) is 11.4 Å². The van der Waals surface area contributed by atoms with Crippen LogP contribution in [-0.4, -0.2) is 4.98 Å². The predicted octanol–water partition coefficient (Wildman–Crippen LogP) is 3.05. The van der Waals surface area contributed by atoms with Crippen LogP contribution in [0.3, 0.4) is 0 Å². The Bertz CT molecular complexity index is 944. The Morgan fingerprint density at radius 3 is 2.08 bits per heavy atom. The van der Waals surface area contributed by atoms with E-state index in [1.165, 1.54) is 24.5 Å². The van der Waals surface area contributed by atoms with E-state index in [4.69, 9.17) is 0 Å². The highest BCUT2D eigenvalue weighted by Gasteiger charge is 2.30. The number of pyridine rings is 1. The van der Waals surface area contributed by atoms with E-state index in [0.29, 0.717) is 11.3 Å². The summed E-state index contributed by atoms with van der Waals surface area (Å²) in [5.41, 5.74) is -0.666. The van der Waals surface area contributed by atoms with Crippen molar-refractivity contribution in [2.75, 3.05) is 10.6 Å². The van der Waals surface area contributed by atoms with Crippen LogP contribution < -0.4 is 21.5 Å². The molecule has 0 aliphatic carbocycles. The van der Waals surface area contributed by atoms with Crippen LogP contribution in [0.1, 0.15) is 11.1 Å². The molecule has 0 amide bonds. The molecular weight excluding hydrogens is 335 g/mol. The summed E-state index contributed by atoms with van der Waals surface area (Å²) in [4.78, 5) is 27.2. The topological polar surface area (TPSA) is 71.1 Å². The number of aromatic nitrogens is 1. The van der Waals surface area contributed by atoms with Gasteiger partial charge in [0.05, 0.1) is 5.56 Å². The second kappa shape index (κ2) is 6.39. The van der Waals surface area contributed by atoms with E-state index in [-0.39, 0.29) is 17.9 Å². The van der Waals surface area contributed by atoms with E-state index in [2.05, 4.69) is 15.6 Å². The lowest BCUT2D eigenvalue weighted by Gasteiger charge is -2.15. The third kappa shape index (κ3) is 3.52. The quantitative estimate of drug-likeness (QED) is 0.694. The first-order chi connectivity index (χ1) is 11.9. The summed E-state index contributed by atoms with van der Waals surface area (Å²) in [7, 11) is 0. The smallest absolute Gasteiger partial charge is 0.376 e. The minimum absolute atomic E-state index is 0.113. The number of hydrogen-bond donors (Lipinski definition) is 2. The fourth-order valence-electron chi connectivity index (χ4n) is 2.26. The Morgan fingerprint density at radius 1 is 0.880 bits per heavy atom. The van der Waals surface area contributed by atoms with Gasteiger partial charge in [-0.15, -0.1) is 0 Å². The van der Waals surface area contributed by atoms with Crippen molar-refractivity contribution in [3.05, 3.63) is 80.4 Å². The first-order valence-electron chi connectivity index (χ1n) is 7.26. The van der Waals surface area contributed by atoms with E-state index < -0.39 is 22.6 Å². The third-order valence-electron chi connectivity index (χ3n) is 3.61. The minimum Gasteiger partial charge on any atom is -0.376 e. The summed E-state index contributed by atoms with van der Waals surface area (Å²) in [6, 6.07) is 7.84. The Labute approximate surface area is 139 Å². The molecule has 3 rings (SSSR count). The molecule has 2 aromatic carbocycles. The van der Waals surface area contributed by atoms with Crippen molar-refractivity contribution in [1.82, 2.24) is 4.98 Å². The first-order valence-corrected chi connectivity index (χ1v) is 7.26. The number of alkyl halides is 3. The molecule has 0 atom stereocenters. The predicted molar refractivity (Wildman–Crippen MR) is 87.6 cm³/mol. The van der Waals surface area contributed by atoms with Crippen molar-refractivity contribution >= 4 is 17.1 Å². The van der Waals surface area contributed by atoms with E-state index >= 15 is 0 Å². The van der Waals surface area contributed by atoms with Gasteiger partial charge in [0.25, 0.3) is 10.9 Å². The Hall–Kier alpha value is -3.16. The molecule has 0 bridgehead atoms. The molecule has 128 valence electrons. The molecule has 0 unspecified atom stereocenters. The summed E-state index contributed by atoms with van der Waals surface area (Å²) < 4.78 is 37.6. The molecule has 25 heavy (non-hydrogen) atoms. The zero-order valence-electron chi connectivity index (χ0n) is 12.7. The number of anilines is 3. The number of nitrogens with zero attached hydrogens (tertiary/aromatic N) is 1. The lowest BCUT2D eigenvalue weighted by atomic mass is 10.1. The second-order valence-electron chi connectivity index (χ2n) is 5.32. The van der Waals surface area contributed by atoms with Gasteiger partial charge in [0, 0.05) is 24.6 Å². The van der Waals surface area contributed by atoms with E-state index in [0.717, 1.165) is 12.1 Å². The highest BCUT2D eigenvalue weighted by molar-refractivity contribution is 5.78. The van der Waals surface area contributed by atoms with Gasteiger partial charge in [0.15, 0.2) is 0 Å². The second-order valence-corrected chi connectivity index (χ2v) is 5.32. The molecule has 0 fully saturated rings. The molecule has 8 heteroatoms. The van der Waals surface area contributed by atoms with Gasteiger partial charge in [-0.05, 0) is 29.8 Å². The molecule has 2 N–H and O–H groups in total. The van der Waals surface area contributed by atoms with Crippen LogP contribution in [0.25, 0.3) is 0 Å². The lowest BCUT2D eigenvalue weighted by Crippen LogP contribution is -2.36. The van der Waals surface area contributed by atoms with Crippen LogP contribution >= 0.6 is 0 Å². The zero-order valence-corrected chi connectivity index (χ0v) is 12.7. The average Bonchev–Trinajstić information content (AvgIpc) is 2.61. The molecule has 5 nitrogen and oxygen atoms in total. The SMILES string of the molecule is O=c1c(NCc2ccc(C(F)(F)F)cc2)c(Nc2ccncc2)c1=O. The van der Waals surface area contributed by atoms with Crippen LogP contribution in [0.15, 0.2) is 58.4 Å². The number of halogens is 3. The summed E-state index contributed by atoms with van der Waals surface area (Å²) in [5.74, 6) is 0. The monoisotopic (exact) mass is 347 g/mol. The Morgan fingerprint density at radius 2 is 1.48 bits per heavy atom. The molecule has 0 aliphatic rings. The standard InChI is InChI=1S/C17H12F3N3O2/c18-17(19,20)11-3-1-10(2-4-11)9-22-13-14(16(25)15(13)24)23-12-5-7-21-8-6-12/h1-8,22H,9H2,(H,21,23). The van der Waals surface area contributed by atoms with Crippen molar-refractivity contribution in [3.8, 4) is 0 Å². The maximum absolute atomic E-state index is 12.5. The van der Waals surface area contributed by atoms with Gasteiger partial charge in [-0.1, -0.05) is 12.1 Å². The van der Waals surface area contributed by atoms with Gasteiger partial charge in [-0.25, -0.2) is 0 Å². The molecule has 0 saturated heterocycles. The molecule has 0 spiro atoms. The van der Waals surface area contributed by atoms with Crippen LogP contribution in [0.2, 0.25) is 0 Å². The molecule has 0 saturated carbocycles. The molecular formula is C17H12F3N3O2.